The lowest BCUT2D eigenvalue weighted by atomic mass is 9.89. The third-order valence-corrected chi connectivity index (χ3v) is 4.97. The van der Waals surface area contributed by atoms with E-state index < -0.39 is 5.97 Å². The zero-order valence-electron chi connectivity index (χ0n) is 15.3. The first-order chi connectivity index (χ1) is 13.1. The molecule has 142 valence electrons. The van der Waals surface area contributed by atoms with E-state index >= 15 is 0 Å². The van der Waals surface area contributed by atoms with Crippen molar-refractivity contribution in [2.24, 2.45) is 5.92 Å². The average Bonchev–Trinajstić information content (AvgIpc) is 2.69. The van der Waals surface area contributed by atoms with E-state index in [1.54, 1.807) is 24.4 Å². The van der Waals surface area contributed by atoms with Crippen molar-refractivity contribution in [3.63, 3.8) is 0 Å². The van der Waals surface area contributed by atoms with Crippen molar-refractivity contribution < 1.29 is 14.7 Å². The van der Waals surface area contributed by atoms with Crippen LogP contribution in [0.1, 0.15) is 34.5 Å². The Hall–Kier alpha value is -2.73. The maximum atomic E-state index is 12.1. The predicted molar refractivity (Wildman–Crippen MR) is 102 cm³/mol. The van der Waals surface area contributed by atoms with Crippen molar-refractivity contribution in [1.82, 2.24) is 15.2 Å². The smallest absolute Gasteiger partial charge is 0.335 e. The van der Waals surface area contributed by atoms with Gasteiger partial charge < -0.3 is 10.4 Å². The van der Waals surface area contributed by atoms with Crippen LogP contribution in [0, 0.1) is 5.92 Å². The minimum absolute atomic E-state index is 0.0215. The molecule has 0 saturated carbocycles. The Balaban J connectivity index is 1.40. The zero-order valence-corrected chi connectivity index (χ0v) is 15.3. The molecule has 6 nitrogen and oxygen atoms in total. The van der Waals surface area contributed by atoms with E-state index in [-0.39, 0.29) is 5.91 Å². The highest BCUT2D eigenvalue weighted by atomic mass is 16.4. The van der Waals surface area contributed by atoms with E-state index in [0.29, 0.717) is 24.6 Å². The molecule has 1 aromatic heterocycles. The fourth-order valence-electron chi connectivity index (χ4n) is 3.46. The standard InChI is InChI=1S/C21H25N3O3/c25-20(23-14-19-6-1-2-9-22-19)15-24-10-7-16(8-11-24)12-17-4-3-5-18(13-17)21(26)27/h1-6,9,13,16H,7-8,10-12,14-15H2,(H,23,25)(H,26,27). The van der Waals surface area contributed by atoms with Crippen LogP contribution in [0.15, 0.2) is 48.7 Å². The number of piperidine rings is 1. The predicted octanol–water partition coefficient (Wildman–Crippen LogP) is 2.35. The van der Waals surface area contributed by atoms with Gasteiger partial charge in [-0.2, -0.15) is 0 Å². The number of likely N-dealkylation sites (tertiary alicyclic amines) is 1. The summed E-state index contributed by atoms with van der Waals surface area (Å²) in [5, 5.41) is 12.0. The summed E-state index contributed by atoms with van der Waals surface area (Å²) in [5.41, 5.74) is 2.27. The van der Waals surface area contributed by atoms with E-state index in [1.165, 1.54) is 0 Å². The number of aromatic nitrogens is 1. The van der Waals surface area contributed by atoms with Crippen LogP contribution in [0.5, 0.6) is 0 Å². The lowest BCUT2D eigenvalue weighted by molar-refractivity contribution is -0.122. The molecule has 0 spiro atoms. The first kappa shape index (κ1) is 19.0. The van der Waals surface area contributed by atoms with E-state index in [1.807, 2.05) is 24.3 Å². The highest BCUT2D eigenvalue weighted by Gasteiger charge is 2.21. The van der Waals surface area contributed by atoms with Crippen molar-refractivity contribution in [1.29, 1.82) is 0 Å². The number of nitrogens with zero attached hydrogens (tertiary/aromatic N) is 2. The Kier molecular flexibility index (Phi) is 6.54. The highest BCUT2D eigenvalue weighted by molar-refractivity contribution is 5.87. The Morgan fingerprint density at radius 2 is 1.96 bits per heavy atom. The molecule has 1 aliphatic heterocycles. The molecule has 2 heterocycles. The van der Waals surface area contributed by atoms with Crippen molar-refractivity contribution in [3.05, 3.63) is 65.5 Å². The SMILES string of the molecule is O=C(CN1CCC(Cc2cccc(C(=O)O)c2)CC1)NCc1ccccn1. The molecule has 3 rings (SSSR count). The summed E-state index contributed by atoms with van der Waals surface area (Å²) in [5.74, 6) is -0.335. The van der Waals surface area contributed by atoms with Crippen LogP contribution >= 0.6 is 0 Å². The number of amides is 1. The van der Waals surface area contributed by atoms with Crippen molar-refractivity contribution >= 4 is 11.9 Å². The van der Waals surface area contributed by atoms with Gasteiger partial charge in [0.15, 0.2) is 0 Å². The molecule has 6 heteroatoms. The third kappa shape index (κ3) is 5.89. The molecule has 0 bridgehead atoms. The highest BCUT2D eigenvalue weighted by Crippen LogP contribution is 2.22. The molecular weight excluding hydrogens is 342 g/mol. The van der Waals surface area contributed by atoms with Gasteiger partial charge in [-0.3, -0.25) is 14.7 Å². The molecule has 1 aromatic carbocycles. The number of carbonyl (C=O) groups excluding carboxylic acids is 1. The molecule has 1 amide bonds. The van der Waals surface area contributed by atoms with Gasteiger partial charge in [0.1, 0.15) is 0 Å². The second-order valence-electron chi connectivity index (χ2n) is 7.03. The fraction of sp³-hybridized carbons (Fsp3) is 0.381. The topological polar surface area (TPSA) is 82.5 Å². The largest absolute Gasteiger partial charge is 0.478 e. The van der Waals surface area contributed by atoms with E-state index in [9.17, 15) is 9.59 Å². The molecule has 0 radical (unpaired) electrons. The first-order valence-electron chi connectivity index (χ1n) is 9.31. The molecule has 0 atom stereocenters. The van der Waals surface area contributed by atoms with Crippen molar-refractivity contribution in [2.75, 3.05) is 19.6 Å². The number of rotatable bonds is 7. The molecule has 27 heavy (non-hydrogen) atoms. The van der Waals surface area contributed by atoms with Crippen molar-refractivity contribution in [3.8, 4) is 0 Å². The van der Waals surface area contributed by atoms with Crippen LogP contribution in [-0.4, -0.2) is 46.5 Å². The maximum absolute atomic E-state index is 12.1. The molecule has 1 aliphatic rings. The van der Waals surface area contributed by atoms with Crippen LogP contribution in [0.4, 0.5) is 0 Å². The number of carboxylic acid groups (broad SMARTS) is 1. The van der Waals surface area contributed by atoms with E-state index in [0.717, 1.165) is 43.6 Å². The van der Waals surface area contributed by atoms with Crippen LogP contribution < -0.4 is 5.32 Å². The summed E-state index contributed by atoms with van der Waals surface area (Å²) in [6.45, 7) is 2.64. The monoisotopic (exact) mass is 367 g/mol. The van der Waals surface area contributed by atoms with Crippen LogP contribution in [0.3, 0.4) is 0 Å². The number of carbonyl (C=O) groups is 2. The van der Waals surface area contributed by atoms with Gasteiger partial charge in [0.2, 0.25) is 5.91 Å². The van der Waals surface area contributed by atoms with Gasteiger partial charge in [0.25, 0.3) is 0 Å². The number of pyridine rings is 1. The van der Waals surface area contributed by atoms with Crippen LogP contribution in [0.25, 0.3) is 0 Å². The second kappa shape index (κ2) is 9.28. The second-order valence-corrected chi connectivity index (χ2v) is 7.03. The Labute approximate surface area is 159 Å². The lowest BCUT2D eigenvalue weighted by Crippen LogP contribution is -2.41. The Morgan fingerprint density at radius 1 is 1.15 bits per heavy atom. The van der Waals surface area contributed by atoms with Crippen LogP contribution in [-0.2, 0) is 17.8 Å². The molecule has 2 N–H and O–H groups in total. The molecule has 1 saturated heterocycles. The average molecular weight is 367 g/mol. The minimum Gasteiger partial charge on any atom is -0.478 e. The van der Waals surface area contributed by atoms with Gasteiger partial charge in [-0.05, 0) is 68.1 Å². The number of benzene rings is 1. The quantitative estimate of drug-likeness (QED) is 0.785. The summed E-state index contributed by atoms with van der Waals surface area (Å²) < 4.78 is 0. The minimum atomic E-state index is -0.886. The number of aromatic carboxylic acids is 1. The van der Waals surface area contributed by atoms with Gasteiger partial charge in [0, 0.05) is 6.20 Å². The Bertz CT molecular complexity index is 771. The lowest BCUT2D eigenvalue weighted by Gasteiger charge is -2.31. The van der Waals surface area contributed by atoms with E-state index in [4.69, 9.17) is 5.11 Å². The normalized spacial score (nSPS) is 15.4. The van der Waals surface area contributed by atoms with Gasteiger partial charge >= 0.3 is 5.97 Å². The molecule has 0 aliphatic carbocycles. The molecule has 0 unspecified atom stereocenters. The molecule has 1 fully saturated rings. The first-order valence-corrected chi connectivity index (χ1v) is 9.31. The fourth-order valence-corrected chi connectivity index (χ4v) is 3.46. The Morgan fingerprint density at radius 3 is 2.67 bits per heavy atom. The summed E-state index contributed by atoms with van der Waals surface area (Å²) in [7, 11) is 0. The van der Waals surface area contributed by atoms with Crippen molar-refractivity contribution in [2.45, 2.75) is 25.8 Å². The van der Waals surface area contributed by atoms with Gasteiger partial charge in [-0.25, -0.2) is 4.79 Å². The summed E-state index contributed by atoms with van der Waals surface area (Å²) in [4.78, 5) is 29.6. The number of carboxylic acids is 1. The number of hydrogen-bond donors (Lipinski definition) is 2. The number of hydrogen-bond acceptors (Lipinski definition) is 4. The van der Waals surface area contributed by atoms with Gasteiger partial charge in [0.05, 0.1) is 24.3 Å². The van der Waals surface area contributed by atoms with Gasteiger partial charge in [-0.1, -0.05) is 18.2 Å². The zero-order chi connectivity index (χ0) is 19.1. The maximum Gasteiger partial charge on any atom is 0.335 e. The third-order valence-electron chi connectivity index (χ3n) is 4.97. The van der Waals surface area contributed by atoms with Gasteiger partial charge in [-0.15, -0.1) is 0 Å². The summed E-state index contributed by atoms with van der Waals surface area (Å²) in [6, 6.07) is 12.8. The summed E-state index contributed by atoms with van der Waals surface area (Å²) >= 11 is 0. The number of nitrogens with one attached hydrogen (secondary N) is 1. The molecule has 2 aromatic rings. The van der Waals surface area contributed by atoms with Crippen LogP contribution in [0.2, 0.25) is 0 Å². The van der Waals surface area contributed by atoms with E-state index in [2.05, 4.69) is 15.2 Å². The summed E-state index contributed by atoms with van der Waals surface area (Å²) in [6.07, 6.45) is 4.65. The molecular formula is C21H25N3O3.